The lowest BCUT2D eigenvalue weighted by Crippen LogP contribution is -2.09. The van der Waals surface area contributed by atoms with Crippen molar-refractivity contribution in [1.29, 1.82) is 0 Å². The van der Waals surface area contributed by atoms with Gasteiger partial charge in [-0.15, -0.1) is 0 Å². The molecule has 0 saturated carbocycles. The van der Waals surface area contributed by atoms with Gasteiger partial charge in [0.05, 0.1) is 11.2 Å². The van der Waals surface area contributed by atoms with E-state index < -0.39 is 0 Å². The molecule has 0 aliphatic rings. The van der Waals surface area contributed by atoms with Gasteiger partial charge in [0.15, 0.2) is 5.82 Å². The largest absolute Gasteiger partial charge is 0.384 e. The fraction of sp³-hybridized carbons (Fsp3) is 0.105. The van der Waals surface area contributed by atoms with Crippen LogP contribution in [0.5, 0.6) is 0 Å². The molecule has 0 unspecified atom stereocenters. The molecule has 0 aliphatic heterocycles. The summed E-state index contributed by atoms with van der Waals surface area (Å²) in [5.41, 5.74) is 15.4. The van der Waals surface area contributed by atoms with Crippen LogP contribution in [-0.2, 0) is 6.42 Å². The Labute approximate surface area is 160 Å². The van der Waals surface area contributed by atoms with Gasteiger partial charge in [0.25, 0.3) is 0 Å². The molecule has 136 valence electrons. The first-order valence-corrected chi connectivity index (χ1v) is 8.83. The quantitative estimate of drug-likeness (QED) is 0.421. The Bertz CT molecular complexity index is 1110. The molecule has 2 heterocycles. The molecule has 4 rings (SSSR count). The van der Waals surface area contributed by atoms with Gasteiger partial charge in [-0.3, -0.25) is 5.10 Å². The van der Waals surface area contributed by atoms with Gasteiger partial charge in [0.1, 0.15) is 5.82 Å². The maximum absolute atomic E-state index is 6.02. The van der Waals surface area contributed by atoms with Crippen LogP contribution in [0.2, 0.25) is 5.02 Å². The Hall–Kier alpha value is -3.32. The van der Waals surface area contributed by atoms with Crippen molar-refractivity contribution in [3.63, 3.8) is 0 Å². The van der Waals surface area contributed by atoms with Crippen LogP contribution in [0.4, 0.5) is 17.6 Å². The third-order valence-electron chi connectivity index (χ3n) is 4.22. The van der Waals surface area contributed by atoms with Gasteiger partial charge in [-0.1, -0.05) is 29.8 Å². The summed E-state index contributed by atoms with van der Waals surface area (Å²) in [6.45, 7) is 0.666. The fourth-order valence-corrected chi connectivity index (χ4v) is 3.12. The van der Waals surface area contributed by atoms with Crippen molar-refractivity contribution in [2.45, 2.75) is 6.42 Å². The van der Waals surface area contributed by atoms with Crippen molar-refractivity contribution in [3.05, 3.63) is 59.1 Å². The minimum Gasteiger partial charge on any atom is -0.384 e. The van der Waals surface area contributed by atoms with E-state index in [0.717, 1.165) is 39.2 Å². The number of anilines is 3. The van der Waals surface area contributed by atoms with Gasteiger partial charge in [-0.05, 0) is 36.2 Å². The highest BCUT2D eigenvalue weighted by Crippen LogP contribution is 2.26. The highest BCUT2D eigenvalue weighted by atomic mass is 35.5. The number of H-pyrrole nitrogens is 1. The summed E-state index contributed by atoms with van der Waals surface area (Å²) in [5, 5.41) is 11.7. The molecule has 0 spiro atoms. The SMILES string of the molecule is Nc1cc(-c2ccc3c(N)n[nH]c3c2)nc(NCCc2cccc(Cl)c2)n1. The summed E-state index contributed by atoms with van der Waals surface area (Å²) in [6.07, 6.45) is 0.799. The summed E-state index contributed by atoms with van der Waals surface area (Å²) in [7, 11) is 0. The molecule has 0 aliphatic carbocycles. The maximum Gasteiger partial charge on any atom is 0.225 e. The van der Waals surface area contributed by atoms with E-state index in [-0.39, 0.29) is 0 Å². The number of benzene rings is 2. The zero-order valence-corrected chi connectivity index (χ0v) is 15.2. The molecule has 8 heteroatoms. The molecule has 0 radical (unpaired) electrons. The van der Waals surface area contributed by atoms with Crippen LogP contribution in [0.1, 0.15) is 5.56 Å². The molecule has 6 N–H and O–H groups in total. The number of nitrogen functional groups attached to an aromatic ring is 2. The number of fused-ring (bicyclic) bond motifs is 1. The molecule has 0 bridgehead atoms. The summed E-state index contributed by atoms with van der Waals surface area (Å²) >= 11 is 6.02. The van der Waals surface area contributed by atoms with Gasteiger partial charge in [-0.2, -0.15) is 10.1 Å². The molecule has 0 fully saturated rings. The minimum absolute atomic E-state index is 0.398. The van der Waals surface area contributed by atoms with E-state index in [4.69, 9.17) is 23.1 Å². The van der Waals surface area contributed by atoms with Crippen molar-refractivity contribution in [1.82, 2.24) is 20.2 Å². The third kappa shape index (κ3) is 3.78. The van der Waals surface area contributed by atoms with Gasteiger partial charge in [0, 0.05) is 28.6 Å². The first-order valence-electron chi connectivity index (χ1n) is 8.45. The molecule has 2 aromatic carbocycles. The smallest absolute Gasteiger partial charge is 0.225 e. The van der Waals surface area contributed by atoms with E-state index >= 15 is 0 Å². The molecular weight excluding hydrogens is 362 g/mol. The number of nitrogens with zero attached hydrogens (tertiary/aromatic N) is 3. The maximum atomic E-state index is 6.02. The first kappa shape index (κ1) is 17.1. The van der Waals surface area contributed by atoms with Crippen LogP contribution in [0.25, 0.3) is 22.2 Å². The van der Waals surface area contributed by atoms with Crippen molar-refractivity contribution in [2.24, 2.45) is 0 Å². The van der Waals surface area contributed by atoms with Crippen LogP contribution in [0.15, 0.2) is 48.5 Å². The van der Waals surface area contributed by atoms with Crippen molar-refractivity contribution >= 4 is 40.1 Å². The highest BCUT2D eigenvalue weighted by Gasteiger charge is 2.08. The second kappa shape index (κ2) is 7.13. The number of hydrogen-bond acceptors (Lipinski definition) is 6. The molecule has 27 heavy (non-hydrogen) atoms. The molecule has 0 amide bonds. The van der Waals surface area contributed by atoms with Crippen LogP contribution >= 0.6 is 11.6 Å². The number of halogens is 1. The Balaban J connectivity index is 1.53. The summed E-state index contributed by atoms with van der Waals surface area (Å²) < 4.78 is 0. The second-order valence-electron chi connectivity index (χ2n) is 6.18. The second-order valence-corrected chi connectivity index (χ2v) is 6.61. The monoisotopic (exact) mass is 379 g/mol. The van der Waals surface area contributed by atoms with Crippen molar-refractivity contribution < 1.29 is 0 Å². The average Bonchev–Trinajstić information content (AvgIpc) is 3.02. The predicted molar refractivity (Wildman–Crippen MR) is 110 cm³/mol. The number of nitrogens with two attached hydrogens (primary N) is 2. The normalized spacial score (nSPS) is 11.0. The standard InChI is InChI=1S/C19H18ClN7/c20-13-3-1-2-11(8-13)6-7-23-19-24-15(10-17(21)25-19)12-4-5-14-16(9-12)26-27-18(14)22/h1-5,8-10H,6-7H2,(H3,22,26,27)(H3,21,23,24,25). The van der Waals surface area contributed by atoms with E-state index in [1.165, 1.54) is 0 Å². The van der Waals surface area contributed by atoms with Gasteiger partial charge in [0.2, 0.25) is 5.95 Å². The van der Waals surface area contributed by atoms with Crippen LogP contribution in [-0.4, -0.2) is 26.7 Å². The lowest BCUT2D eigenvalue weighted by atomic mass is 10.1. The number of rotatable bonds is 5. The van der Waals surface area contributed by atoms with E-state index in [1.807, 2.05) is 42.5 Å². The predicted octanol–water partition coefficient (Wildman–Crippen LogP) is 3.49. The minimum atomic E-state index is 0.398. The van der Waals surface area contributed by atoms with Gasteiger partial charge < -0.3 is 16.8 Å². The Morgan fingerprint density at radius 1 is 1.04 bits per heavy atom. The fourth-order valence-electron chi connectivity index (χ4n) is 2.90. The van der Waals surface area contributed by atoms with Gasteiger partial charge in [-0.25, -0.2) is 4.98 Å². The van der Waals surface area contributed by atoms with Crippen LogP contribution in [0, 0.1) is 0 Å². The molecular formula is C19H18ClN7. The Kier molecular flexibility index (Phi) is 4.52. The molecule has 2 aromatic heterocycles. The lowest BCUT2D eigenvalue weighted by molar-refractivity contribution is 0.987. The van der Waals surface area contributed by atoms with E-state index in [2.05, 4.69) is 25.5 Å². The number of aromatic nitrogens is 4. The third-order valence-corrected chi connectivity index (χ3v) is 4.45. The van der Waals surface area contributed by atoms with Crippen LogP contribution in [0.3, 0.4) is 0 Å². The van der Waals surface area contributed by atoms with E-state index in [1.54, 1.807) is 6.07 Å². The molecule has 0 saturated heterocycles. The zero-order valence-electron chi connectivity index (χ0n) is 14.4. The first-order chi connectivity index (χ1) is 13.1. The Morgan fingerprint density at radius 3 is 2.78 bits per heavy atom. The van der Waals surface area contributed by atoms with Crippen molar-refractivity contribution in [3.8, 4) is 11.3 Å². The van der Waals surface area contributed by atoms with E-state index in [9.17, 15) is 0 Å². The molecule has 0 atom stereocenters. The highest BCUT2D eigenvalue weighted by molar-refractivity contribution is 6.30. The topological polar surface area (TPSA) is 119 Å². The summed E-state index contributed by atoms with van der Waals surface area (Å²) in [4.78, 5) is 8.84. The summed E-state index contributed by atoms with van der Waals surface area (Å²) in [6, 6.07) is 15.3. The molecule has 7 nitrogen and oxygen atoms in total. The van der Waals surface area contributed by atoms with Gasteiger partial charge >= 0.3 is 0 Å². The summed E-state index contributed by atoms with van der Waals surface area (Å²) in [5.74, 6) is 1.35. The number of aromatic amines is 1. The lowest BCUT2D eigenvalue weighted by Gasteiger charge is -2.09. The van der Waals surface area contributed by atoms with Crippen molar-refractivity contribution in [2.75, 3.05) is 23.3 Å². The number of nitrogens with one attached hydrogen (secondary N) is 2. The Morgan fingerprint density at radius 2 is 1.93 bits per heavy atom. The van der Waals surface area contributed by atoms with E-state index in [0.29, 0.717) is 24.1 Å². The zero-order chi connectivity index (χ0) is 18.8. The molecule has 4 aromatic rings. The average molecular weight is 380 g/mol. The number of hydrogen-bond donors (Lipinski definition) is 4. The van der Waals surface area contributed by atoms with Crippen LogP contribution < -0.4 is 16.8 Å².